The molecule has 0 aliphatic carbocycles. The fourth-order valence-electron chi connectivity index (χ4n) is 2.98. The molecule has 4 nitrogen and oxygen atoms in total. The molecule has 2 aromatic rings. The van der Waals surface area contributed by atoms with Crippen LogP contribution in [0.15, 0.2) is 63.8 Å². The highest BCUT2D eigenvalue weighted by Crippen LogP contribution is 2.25. The summed E-state index contributed by atoms with van der Waals surface area (Å²) in [5, 5.41) is 1.19. The van der Waals surface area contributed by atoms with Gasteiger partial charge in [-0.05, 0) is 36.9 Å². The maximum Gasteiger partial charge on any atom is 0.344 e. The summed E-state index contributed by atoms with van der Waals surface area (Å²) >= 11 is 5.83. The van der Waals surface area contributed by atoms with Gasteiger partial charge in [-0.3, -0.25) is 0 Å². The molecule has 0 bridgehead atoms. The van der Waals surface area contributed by atoms with E-state index in [1.54, 1.807) is 12.2 Å². The quantitative estimate of drug-likeness (QED) is 0.615. The summed E-state index contributed by atoms with van der Waals surface area (Å²) < 4.78 is 5.56. The van der Waals surface area contributed by atoms with Crippen molar-refractivity contribution in [2.24, 2.45) is 0 Å². The minimum Gasteiger partial charge on any atom is -0.422 e. The molecule has 0 saturated carbocycles. The molecule has 1 fully saturated rings. The third kappa shape index (κ3) is 3.86. The van der Waals surface area contributed by atoms with Crippen LogP contribution in [-0.4, -0.2) is 38.1 Å². The molecule has 1 aromatic heterocycles. The molecule has 1 aromatic carbocycles. The molecule has 0 unspecified atom stereocenters. The van der Waals surface area contributed by atoms with Gasteiger partial charge in [-0.2, -0.15) is 0 Å². The lowest BCUT2D eigenvalue weighted by atomic mass is 10.1. The average Bonchev–Trinajstić information content (AvgIpc) is 2.59. The van der Waals surface area contributed by atoms with Gasteiger partial charge in [0.1, 0.15) is 5.58 Å². The van der Waals surface area contributed by atoms with Gasteiger partial charge in [0.05, 0.1) is 5.56 Å². The van der Waals surface area contributed by atoms with Crippen molar-refractivity contribution in [1.82, 2.24) is 4.90 Å². The van der Waals surface area contributed by atoms with Crippen molar-refractivity contribution in [3.8, 4) is 0 Å². The predicted molar refractivity (Wildman–Crippen MR) is 105 cm³/mol. The molecule has 5 heteroatoms. The van der Waals surface area contributed by atoms with E-state index in [4.69, 9.17) is 16.0 Å². The summed E-state index contributed by atoms with van der Waals surface area (Å²) in [5.74, 6) is 0. The van der Waals surface area contributed by atoms with E-state index in [0.717, 1.165) is 37.3 Å². The Morgan fingerprint density at radius 1 is 1.24 bits per heavy atom. The lowest BCUT2D eigenvalue weighted by Gasteiger charge is -2.34. The average molecular weight is 357 g/mol. The number of nitrogens with zero attached hydrogens (tertiary/aromatic N) is 2. The fourth-order valence-corrected chi connectivity index (χ4v) is 3.10. The van der Waals surface area contributed by atoms with Gasteiger partial charge in [0, 0.05) is 48.4 Å². The van der Waals surface area contributed by atoms with Crippen LogP contribution < -0.4 is 10.5 Å². The Kier molecular flexibility index (Phi) is 5.11. The van der Waals surface area contributed by atoms with Crippen LogP contribution in [-0.2, 0) is 0 Å². The zero-order chi connectivity index (χ0) is 18.0. The maximum absolute atomic E-state index is 12.4. The molecule has 0 amide bonds. The van der Waals surface area contributed by atoms with Gasteiger partial charge in [-0.15, -0.1) is 0 Å². The molecule has 0 N–H and O–H groups in total. The van der Waals surface area contributed by atoms with Gasteiger partial charge in [0.15, 0.2) is 0 Å². The molecular formula is C20H21ClN2O2. The summed E-state index contributed by atoms with van der Waals surface area (Å²) in [6.07, 6.45) is 3.18. The molecule has 130 valence electrons. The number of anilines is 1. The maximum atomic E-state index is 12.4. The molecule has 25 heavy (non-hydrogen) atoms. The van der Waals surface area contributed by atoms with E-state index >= 15 is 0 Å². The van der Waals surface area contributed by atoms with Crippen molar-refractivity contribution in [1.29, 1.82) is 0 Å². The first kappa shape index (κ1) is 17.5. The number of piperazine rings is 1. The lowest BCUT2D eigenvalue weighted by Crippen LogP contribution is -2.44. The van der Waals surface area contributed by atoms with E-state index in [2.05, 4.69) is 36.1 Å². The van der Waals surface area contributed by atoms with Crippen molar-refractivity contribution >= 4 is 33.8 Å². The summed E-state index contributed by atoms with van der Waals surface area (Å²) in [7, 11) is 2.12. The number of likely N-dealkylation sites (N-methyl/N-ethyl adjacent to an activating group) is 1. The zero-order valence-electron chi connectivity index (χ0n) is 14.3. The van der Waals surface area contributed by atoms with E-state index in [1.165, 1.54) is 0 Å². The van der Waals surface area contributed by atoms with Gasteiger partial charge in [-0.25, -0.2) is 4.79 Å². The highest BCUT2D eigenvalue weighted by molar-refractivity contribution is 6.31. The predicted octanol–water partition coefficient (Wildman–Crippen LogP) is 3.87. The van der Waals surface area contributed by atoms with Crippen LogP contribution in [0.5, 0.6) is 0 Å². The molecular weight excluding hydrogens is 336 g/mol. The van der Waals surface area contributed by atoms with Crippen LogP contribution in [0.2, 0.25) is 0 Å². The summed E-state index contributed by atoms with van der Waals surface area (Å²) in [4.78, 5) is 17.0. The van der Waals surface area contributed by atoms with Crippen LogP contribution in [0.3, 0.4) is 0 Å². The molecule has 2 heterocycles. The largest absolute Gasteiger partial charge is 0.422 e. The Bertz CT molecular complexity index is 906. The number of halogens is 1. The minimum atomic E-state index is -0.410. The standard InChI is InChI=1S/C20H21ClN2O2/c1-4-15(11-14(2)21)18-12-16-5-6-17(13-19(16)25-20(18)24)23-9-7-22(3)8-10-23/h4-6,11-13H,1-2,7-10H2,3H3/b15-11+. The second-order valence-corrected chi connectivity index (χ2v) is 6.70. The van der Waals surface area contributed by atoms with Crippen LogP contribution in [0.25, 0.3) is 16.5 Å². The molecule has 0 spiro atoms. The lowest BCUT2D eigenvalue weighted by molar-refractivity contribution is 0.313. The first-order valence-corrected chi connectivity index (χ1v) is 8.56. The Balaban J connectivity index is 2.00. The third-order valence-corrected chi connectivity index (χ3v) is 4.54. The van der Waals surface area contributed by atoms with Crippen molar-refractivity contribution in [2.75, 3.05) is 38.1 Å². The molecule has 1 aliphatic rings. The summed E-state index contributed by atoms with van der Waals surface area (Å²) in [6.45, 7) is 11.3. The molecule has 0 radical (unpaired) electrons. The smallest absolute Gasteiger partial charge is 0.344 e. The molecule has 0 atom stereocenters. The van der Waals surface area contributed by atoms with E-state index < -0.39 is 5.63 Å². The molecule has 1 saturated heterocycles. The fraction of sp³-hybridized carbons (Fsp3) is 0.250. The summed E-state index contributed by atoms with van der Waals surface area (Å²) in [6, 6.07) is 7.78. The first-order valence-electron chi connectivity index (χ1n) is 8.18. The van der Waals surface area contributed by atoms with E-state index in [0.29, 0.717) is 21.8 Å². The number of rotatable bonds is 4. The van der Waals surface area contributed by atoms with Gasteiger partial charge >= 0.3 is 5.63 Å². The number of benzene rings is 1. The zero-order valence-corrected chi connectivity index (χ0v) is 15.1. The number of allylic oxidation sites excluding steroid dienone is 4. The number of fused-ring (bicyclic) bond motifs is 1. The first-order chi connectivity index (χ1) is 12.0. The molecule has 3 rings (SSSR count). The second-order valence-electron chi connectivity index (χ2n) is 6.21. The van der Waals surface area contributed by atoms with E-state index in [9.17, 15) is 4.79 Å². The van der Waals surface area contributed by atoms with Gasteiger partial charge in [-0.1, -0.05) is 30.8 Å². The van der Waals surface area contributed by atoms with E-state index in [-0.39, 0.29) is 0 Å². The third-order valence-electron chi connectivity index (χ3n) is 4.43. The highest BCUT2D eigenvalue weighted by atomic mass is 35.5. The van der Waals surface area contributed by atoms with Crippen molar-refractivity contribution in [3.63, 3.8) is 0 Å². The van der Waals surface area contributed by atoms with Crippen LogP contribution in [0, 0.1) is 0 Å². The number of hydrogen-bond donors (Lipinski definition) is 0. The highest BCUT2D eigenvalue weighted by Gasteiger charge is 2.15. The Morgan fingerprint density at radius 3 is 2.60 bits per heavy atom. The Hall–Kier alpha value is -2.30. The van der Waals surface area contributed by atoms with Crippen LogP contribution in [0.1, 0.15) is 5.56 Å². The van der Waals surface area contributed by atoms with Gasteiger partial charge < -0.3 is 14.2 Å². The topological polar surface area (TPSA) is 36.7 Å². The van der Waals surface area contributed by atoms with Crippen LogP contribution >= 0.6 is 11.6 Å². The Labute approximate surface area is 152 Å². The van der Waals surface area contributed by atoms with Crippen molar-refractivity contribution in [3.05, 3.63) is 70.6 Å². The normalized spacial score (nSPS) is 16.2. The van der Waals surface area contributed by atoms with Gasteiger partial charge in [0.25, 0.3) is 0 Å². The van der Waals surface area contributed by atoms with Crippen LogP contribution in [0.4, 0.5) is 5.69 Å². The second kappa shape index (κ2) is 7.30. The van der Waals surface area contributed by atoms with Crippen molar-refractivity contribution < 1.29 is 4.42 Å². The SMILES string of the molecule is C=C/C(=C\C(=C)Cl)c1cc2ccc(N3CCN(C)CC3)cc2oc1=O. The number of hydrogen-bond acceptors (Lipinski definition) is 4. The summed E-state index contributed by atoms with van der Waals surface area (Å²) in [5.41, 5.74) is 2.27. The van der Waals surface area contributed by atoms with Gasteiger partial charge in [0.2, 0.25) is 0 Å². The molecule has 1 aliphatic heterocycles. The minimum absolute atomic E-state index is 0.333. The Morgan fingerprint density at radius 2 is 1.96 bits per heavy atom. The van der Waals surface area contributed by atoms with E-state index in [1.807, 2.05) is 18.2 Å². The van der Waals surface area contributed by atoms with Crippen molar-refractivity contribution in [2.45, 2.75) is 0 Å². The monoisotopic (exact) mass is 356 g/mol.